The van der Waals surface area contributed by atoms with Crippen LogP contribution in [-0.2, 0) is 9.53 Å². The SMILES string of the molecule is O=C1CCC=C(c2ccc3c(c2)OCO3)O1. The average molecular weight is 218 g/mol. The molecule has 16 heavy (non-hydrogen) atoms. The molecule has 2 aliphatic rings. The minimum atomic E-state index is -0.185. The van der Waals surface area contributed by atoms with Crippen molar-refractivity contribution in [3.63, 3.8) is 0 Å². The Hall–Kier alpha value is -1.97. The van der Waals surface area contributed by atoms with Gasteiger partial charge in [-0.2, -0.15) is 0 Å². The normalized spacial score (nSPS) is 18.0. The highest BCUT2D eigenvalue weighted by Crippen LogP contribution is 2.35. The zero-order valence-electron chi connectivity index (χ0n) is 8.56. The molecular weight excluding hydrogens is 208 g/mol. The molecule has 0 spiro atoms. The summed E-state index contributed by atoms with van der Waals surface area (Å²) >= 11 is 0. The fourth-order valence-corrected chi connectivity index (χ4v) is 1.76. The molecular formula is C12H10O4. The van der Waals surface area contributed by atoms with Crippen LogP contribution in [0.1, 0.15) is 18.4 Å². The van der Waals surface area contributed by atoms with Gasteiger partial charge in [-0.1, -0.05) is 0 Å². The standard InChI is InChI=1S/C12H10O4/c13-12-3-1-2-9(16-12)8-4-5-10-11(6-8)15-7-14-10/h2,4-6H,1,3,7H2. The number of allylic oxidation sites excluding steroid dienone is 1. The van der Waals surface area contributed by atoms with Crippen LogP contribution in [0.5, 0.6) is 11.5 Å². The Bertz CT molecular complexity index is 476. The summed E-state index contributed by atoms with van der Waals surface area (Å²) in [4.78, 5) is 11.2. The van der Waals surface area contributed by atoms with E-state index in [1.807, 2.05) is 24.3 Å². The summed E-state index contributed by atoms with van der Waals surface area (Å²) in [6, 6.07) is 5.51. The van der Waals surface area contributed by atoms with Gasteiger partial charge in [-0.3, -0.25) is 4.79 Å². The molecule has 0 bridgehead atoms. The third-order valence-corrected chi connectivity index (χ3v) is 2.56. The molecule has 0 unspecified atom stereocenters. The zero-order chi connectivity index (χ0) is 11.0. The molecule has 3 rings (SSSR count). The number of rotatable bonds is 1. The second kappa shape index (κ2) is 3.56. The van der Waals surface area contributed by atoms with Crippen LogP contribution in [0.3, 0.4) is 0 Å². The molecule has 2 heterocycles. The van der Waals surface area contributed by atoms with E-state index >= 15 is 0 Å². The largest absolute Gasteiger partial charge is 0.454 e. The molecule has 2 aliphatic heterocycles. The number of fused-ring (bicyclic) bond motifs is 1. The van der Waals surface area contributed by atoms with E-state index in [0.29, 0.717) is 17.9 Å². The molecule has 0 aliphatic carbocycles. The first-order chi connectivity index (χ1) is 7.83. The molecule has 0 saturated heterocycles. The van der Waals surface area contributed by atoms with Crippen molar-refractivity contribution < 1.29 is 19.0 Å². The van der Waals surface area contributed by atoms with Crippen molar-refractivity contribution in [3.05, 3.63) is 29.8 Å². The minimum Gasteiger partial charge on any atom is -0.454 e. The summed E-state index contributed by atoms with van der Waals surface area (Å²) in [7, 11) is 0. The van der Waals surface area contributed by atoms with Crippen LogP contribution in [0.15, 0.2) is 24.3 Å². The first kappa shape index (κ1) is 9.27. The van der Waals surface area contributed by atoms with Crippen LogP contribution in [0.25, 0.3) is 5.76 Å². The maximum atomic E-state index is 11.2. The van der Waals surface area contributed by atoms with Crippen LogP contribution in [0.2, 0.25) is 0 Å². The Balaban J connectivity index is 1.95. The number of carbonyl (C=O) groups excluding carboxylic acids is 1. The lowest BCUT2D eigenvalue weighted by atomic mass is 10.1. The van der Waals surface area contributed by atoms with Crippen molar-refractivity contribution in [2.45, 2.75) is 12.8 Å². The van der Waals surface area contributed by atoms with E-state index in [1.54, 1.807) is 0 Å². The Labute approximate surface area is 92.4 Å². The van der Waals surface area contributed by atoms with E-state index in [4.69, 9.17) is 14.2 Å². The quantitative estimate of drug-likeness (QED) is 0.677. The third kappa shape index (κ3) is 1.52. The highest BCUT2D eigenvalue weighted by molar-refractivity contribution is 5.81. The summed E-state index contributed by atoms with van der Waals surface area (Å²) < 4.78 is 15.6. The average Bonchev–Trinajstić information content (AvgIpc) is 2.75. The van der Waals surface area contributed by atoms with Gasteiger partial charge in [0.05, 0.1) is 0 Å². The van der Waals surface area contributed by atoms with E-state index in [-0.39, 0.29) is 12.8 Å². The van der Waals surface area contributed by atoms with Crippen molar-refractivity contribution in [3.8, 4) is 11.5 Å². The first-order valence-corrected chi connectivity index (χ1v) is 5.14. The number of cyclic esters (lactones) is 1. The number of ether oxygens (including phenoxy) is 3. The second-order valence-electron chi connectivity index (χ2n) is 3.65. The maximum absolute atomic E-state index is 11.2. The van der Waals surface area contributed by atoms with E-state index in [1.165, 1.54) is 0 Å². The maximum Gasteiger partial charge on any atom is 0.311 e. The number of hydrogen-bond acceptors (Lipinski definition) is 4. The zero-order valence-corrected chi connectivity index (χ0v) is 8.56. The molecule has 82 valence electrons. The number of carbonyl (C=O) groups is 1. The van der Waals surface area contributed by atoms with Crippen molar-refractivity contribution >= 4 is 11.7 Å². The topological polar surface area (TPSA) is 44.8 Å². The fraction of sp³-hybridized carbons (Fsp3) is 0.250. The van der Waals surface area contributed by atoms with Gasteiger partial charge in [-0.15, -0.1) is 0 Å². The molecule has 0 fully saturated rings. The first-order valence-electron chi connectivity index (χ1n) is 5.14. The molecule has 0 radical (unpaired) electrons. The highest BCUT2D eigenvalue weighted by atomic mass is 16.7. The van der Waals surface area contributed by atoms with Gasteiger partial charge in [0.2, 0.25) is 6.79 Å². The van der Waals surface area contributed by atoms with Crippen molar-refractivity contribution in [2.24, 2.45) is 0 Å². The van der Waals surface area contributed by atoms with Gasteiger partial charge in [-0.05, 0) is 30.7 Å². The van der Waals surface area contributed by atoms with Crippen LogP contribution >= 0.6 is 0 Å². The Morgan fingerprint density at radius 1 is 1.12 bits per heavy atom. The molecule has 4 heteroatoms. The van der Waals surface area contributed by atoms with Crippen molar-refractivity contribution in [1.29, 1.82) is 0 Å². The van der Waals surface area contributed by atoms with Crippen LogP contribution in [-0.4, -0.2) is 12.8 Å². The summed E-state index contributed by atoms with van der Waals surface area (Å²) in [5, 5.41) is 0. The lowest BCUT2D eigenvalue weighted by Gasteiger charge is -2.13. The van der Waals surface area contributed by atoms with Crippen LogP contribution < -0.4 is 9.47 Å². The summed E-state index contributed by atoms with van der Waals surface area (Å²) in [6.07, 6.45) is 3.09. The molecule has 0 atom stereocenters. The predicted octanol–water partition coefficient (Wildman–Crippen LogP) is 2.09. The van der Waals surface area contributed by atoms with E-state index in [9.17, 15) is 4.79 Å². The van der Waals surface area contributed by atoms with Gasteiger partial charge < -0.3 is 14.2 Å². The monoisotopic (exact) mass is 218 g/mol. The Morgan fingerprint density at radius 2 is 2.00 bits per heavy atom. The smallest absolute Gasteiger partial charge is 0.311 e. The highest BCUT2D eigenvalue weighted by Gasteiger charge is 2.18. The number of hydrogen-bond donors (Lipinski definition) is 0. The summed E-state index contributed by atoms with van der Waals surface area (Å²) in [5.41, 5.74) is 0.845. The van der Waals surface area contributed by atoms with Gasteiger partial charge >= 0.3 is 5.97 Å². The predicted molar refractivity (Wildman–Crippen MR) is 55.9 cm³/mol. The fourth-order valence-electron chi connectivity index (χ4n) is 1.76. The molecule has 0 amide bonds. The van der Waals surface area contributed by atoms with Gasteiger partial charge in [0, 0.05) is 12.0 Å². The van der Waals surface area contributed by atoms with Gasteiger partial charge in [0.25, 0.3) is 0 Å². The van der Waals surface area contributed by atoms with E-state index in [0.717, 1.165) is 17.7 Å². The molecule has 4 nitrogen and oxygen atoms in total. The molecule has 1 aromatic rings. The van der Waals surface area contributed by atoms with Gasteiger partial charge in [-0.25, -0.2) is 0 Å². The Kier molecular flexibility index (Phi) is 2.06. The van der Waals surface area contributed by atoms with Crippen molar-refractivity contribution in [2.75, 3.05) is 6.79 Å². The summed E-state index contributed by atoms with van der Waals surface area (Å²) in [6.45, 7) is 0.248. The molecule has 0 saturated carbocycles. The van der Waals surface area contributed by atoms with Crippen LogP contribution in [0, 0.1) is 0 Å². The molecule has 0 aromatic heterocycles. The summed E-state index contributed by atoms with van der Waals surface area (Å²) in [5.74, 6) is 1.84. The lowest BCUT2D eigenvalue weighted by Crippen LogP contribution is -2.07. The van der Waals surface area contributed by atoms with Crippen molar-refractivity contribution in [1.82, 2.24) is 0 Å². The molecule has 1 aromatic carbocycles. The number of esters is 1. The van der Waals surface area contributed by atoms with E-state index in [2.05, 4.69) is 0 Å². The van der Waals surface area contributed by atoms with Gasteiger partial charge in [0.15, 0.2) is 11.5 Å². The minimum absolute atomic E-state index is 0.185. The van der Waals surface area contributed by atoms with Gasteiger partial charge in [0.1, 0.15) is 5.76 Å². The second-order valence-corrected chi connectivity index (χ2v) is 3.65. The third-order valence-electron chi connectivity index (χ3n) is 2.56. The lowest BCUT2D eigenvalue weighted by molar-refractivity contribution is -0.137. The Morgan fingerprint density at radius 3 is 2.88 bits per heavy atom. The number of benzene rings is 1. The van der Waals surface area contributed by atoms with Crippen LogP contribution in [0.4, 0.5) is 0 Å². The molecule has 0 N–H and O–H groups in total. The van der Waals surface area contributed by atoms with E-state index < -0.39 is 0 Å².